The Morgan fingerprint density at radius 2 is 1.81 bits per heavy atom. The summed E-state index contributed by atoms with van der Waals surface area (Å²) in [7, 11) is 0. The Bertz CT molecular complexity index is 732. The van der Waals surface area contributed by atoms with Gasteiger partial charge in [-0.05, 0) is 44.0 Å². The molecule has 2 atom stereocenters. The van der Waals surface area contributed by atoms with Crippen LogP contribution in [0, 0.1) is 17.8 Å². The molecule has 8 heteroatoms. The van der Waals surface area contributed by atoms with Gasteiger partial charge in [0.25, 0.3) is 18.2 Å². The van der Waals surface area contributed by atoms with Crippen molar-refractivity contribution in [3.8, 4) is 11.8 Å². The molecule has 0 radical (unpaired) electrons. The van der Waals surface area contributed by atoms with E-state index in [1.165, 1.54) is 30.5 Å². The maximum Gasteiger partial charge on any atom is 0.269 e. The van der Waals surface area contributed by atoms with E-state index in [1.807, 2.05) is 5.32 Å². The van der Waals surface area contributed by atoms with Gasteiger partial charge in [-0.15, -0.1) is 0 Å². The number of alkyl halides is 2. The van der Waals surface area contributed by atoms with Gasteiger partial charge in [0.1, 0.15) is 6.04 Å². The van der Waals surface area contributed by atoms with Crippen LogP contribution in [0.25, 0.3) is 0 Å². The normalized spacial score (nSPS) is 17.6. The fourth-order valence-corrected chi connectivity index (χ4v) is 2.84. The molecule has 27 heavy (non-hydrogen) atoms. The molecule has 1 fully saturated rings. The molecule has 1 aliphatic rings. The third-order valence-corrected chi connectivity index (χ3v) is 4.60. The number of carbonyl (C=O) groups excluding carboxylic acids is 2. The number of aliphatic hydroxyl groups is 1. The number of amides is 2. The molecule has 146 valence electrons. The topological polar surface area (TPSA) is 98.7 Å². The summed E-state index contributed by atoms with van der Waals surface area (Å²) in [5.41, 5.74) is -0.886. The number of hydroxylamine groups is 1. The maximum absolute atomic E-state index is 13.0. The Morgan fingerprint density at radius 3 is 2.33 bits per heavy atom. The van der Waals surface area contributed by atoms with Crippen molar-refractivity contribution in [2.24, 2.45) is 5.92 Å². The number of carbonyl (C=O) groups is 2. The minimum absolute atomic E-state index is 0.0993. The lowest BCUT2D eigenvalue weighted by molar-refractivity contribution is -0.149. The third kappa shape index (κ3) is 5.25. The van der Waals surface area contributed by atoms with Gasteiger partial charge in [-0.25, -0.2) is 14.3 Å². The van der Waals surface area contributed by atoms with Crippen LogP contribution in [0.4, 0.5) is 8.78 Å². The maximum atomic E-state index is 13.0. The number of halogens is 2. The zero-order valence-electron chi connectivity index (χ0n) is 14.8. The van der Waals surface area contributed by atoms with Crippen LogP contribution in [-0.4, -0.2) is 40.2 Å². The first kappa shape index (κ1) is 20.8. The predicted molar refractivity (Wildman–Crippen MR) is 93.1 cm³/mol. The Labute approximate surface area is 155 Å². The van der Waals surface area contributed by atoms with Crippen molar-refractivity contribution in [2.45, 2.75) is 50.7 Å². The summed E-state index contributed by atoms with van der Waals surface area (Å²) in [5, 5.41) is 20.5. The average Bonchev–Trinajstić information content (AvgIpc) is 3.17. The van der Waals surface area contributed by atoms with Gasteiger partial charge in [0.2, 0.25) is 0 Å². The number of benzene rings is 1. The molecule has 0 unspecified atom stereocenters. The van der Waals surface area contributed by atoms with Crippen molar-refractivity contribution in [1.82, 2.24) is 10.8 Å². The number of hydrogen-bond acceptors (Lipinski definition) is 4. The minimum Gasteiger partial charge on any atom is -0.381 e. The molecule has 1 aromatic rings. The van der Waals surface area contributed by atoms with E-state index < -0.39 is 29.9 Å². The smallest absolute Gasteiger partial charge is 0.269 e. The van der Waals surface area contributed by atoms with Gasteiger partial charge in [0.05, 0.1) is 0 Å². The van der Waals surface area contributed by atoms with Crippen molar-refractivity contribution >= 4 is 11.8 Å². The number of rotatable bonds is 5. The van der Waals surface area contributed by atoms with Crippen LogP contribution < -0.4 is 10.8 Å². The monoisotopic (exact) mass is 380 g/mol. The highest BCUT2D eigenvalue weighted by atomic mass is 19.3. The predicted octanol–water partition coefficient (Wildman–Crippen LogP) is 1.85. The fraction of sp³-hybridized carbons (Fsp3) is 0.474. The molecule has 0 saturated heterocycles. The second-order valence-electron chi connectivity index (χ2n) is 6.74. The van der Waals surface area contributed by atoms with Gasteiger partial charge in [-0.3, -0.25) is 14.8 Å². The van der Waals surface area contributed by atoms with Crippen LogP contribution in [0.15, 0.2) is 24.3 Å². The van der Waals surface area contributed by atoms with Gasteiger partial charge in [0, 0.05) is 17.0 Å². The van der Waals surface area contributed by atoms with Gasteiger partial charge in [-0.1, -0.05) is 24.7 Å². The molecule has 0 spiro atoms. The van der Waals surface area contributed by atoms with Crippen LogP contribution >= 0.6 is 0 Å². The molecule has 0 bridgehead atoms. The van der Waals surface area contributed by atoms with E-state index in [2.05, 4.69) is 11.8 Å². The molecule has 0 heterocycles. The van der Waals surface area contributed by atoms with E-state index in [1.54, 1.807) is 12.1 Å². The van der Waals surface area contributed by atoms with Crippen molar-refractivity contribution in [1.29, 1.82) is 0 Å². The molecule has 6 nitrogen and oxygen atoms in total. The molecule has 2 amide bonds. The SMILES string of the molecule is C[C@@](O)(C(F)F)[C@H](NC(=O)c1ccc(C#CC2CCCC2)cc1)C(=O)NO. The van der Waals surface area contributed by atoms with Gasteiger partial charge >= 0.3 is 0 Å². The van der Waals surface area contributed by atoms with Crippen molar-refractivity contribution in [3.63, 3.8) is 0 Å². The van der Waals surface area contributed by atoms with Crippen LogP contribution in [0.3, 0.4) is 0 Å². The lowest BCUT2D eigenvalue weighted by Crippen LogP contribution is -2.61. The van der Waals surface area contributed by atoms with E-state index in [4.69, 9.17) is 5.21 Å². The lowest BCUT2D eigenvalue weighted by Gasteiger charge is -2.30. The highest BCUT2D eigenvalue weighted by Crippen LogP contribution is 2.24. The van der Waals surface area contributed by atoms with Crippen molar-refractivity contribution in [2.75, 3.05) is 0 Å². The molecule has 4 N–H and O–H groups in total. The van der Waals surface area contributed by atoms with E-state index >= 15 is 0 Å². The van der Waals surface area contributed by atoms with E-state index in [0.717, 1.165) is 12.8 Å². The molecule has 1 aromatic carbocycles. The molecule has 0 aliphatic heterocycles. The van der Waals surface area contributed by atoms with Gasteiger partial charge in [0.15, 0.2) is 5.60 Å². The second kappa shape index (κ2) is 8.93. The quantitative estimate of drug-likeness (QED) is 0.356. The summed E-state index contributed by atoms with van der Waals surface area (Å²) in [4.78, 5) is 23.9. The molecular weight excluding hydrogens is 358 g/mol. The van der Waals surface area contributed by atoms with E-state index in [9.17, 15) is 23.5 Å². The van der Waals surface area contributed by atoms with Crippen molar-refractivity contribution < 1.29 is 28.7 Å². The highest BCUT2D eigenvalue weighted by Gasteiger charge is 2.46. The average molecular weight is 380 g/mol. The summed E-state index contributed by atoms with van der Waals surface area (Å²) < 4.78 is 26.0. The van der Waals surface area contributed by atoms with E-state index in [-0.39, 0.29) is 5.56 Å². The summed E-state index contributed by atoms with van der Waals surface area (Å²) in [6.45, 7) is 0.694. The van der Waals surface area contributed by atoms with E-state index in [0.29, 0.717) is 18.4 Å². The Kier molecular flexibility index (Phi) is 6.88. The lowest BCUT2D eigenvalue weighted by atomic mass is 9.95. The first-order valence-corrected chi connectivity index (χ1v) is 8.62. The molecule has 1 aliphatic carbocycles. The summed E-state index contributed by atoms with van der Waals surface area (Å²) >= 11 is 0. The summed E-state index contributed by atoms with van der Waals surface area (Å²) in [6, 6.07) is 4.07. The van der Waals surface area contributed by atoms with Gasteiger partial charge in [-0.2, -0.15) is 0 Å². The number of hydrogen-bond donors (Lipinski definition) is 4. The third-order valence-electron chi connectivity index (χ3n) is 4.60. The molecule has 1 saturated carbocycles. The molecular formula is C19H22F2N2O4. The number of nitrogens with one attached hydrogen (secondary N) is 2. The zero-order chi connectivity index (χ0) is 20.0. The highest BCUT2D eigenvalue weighted by molar-refractivity contribution is 5.97. The Hall–Kier alpha value is -2.50. The van der Waals surface area contributed by atoms with Crippen LogP contribution in [0.1, 0.15) is 48.5 Å². The van der Waals surface area contributed by atoms with Crippen molar-refractivity contribution in [3.05, 3.63) is 35.4 Å². The minimum atomic E-state index is -3.33. The Balaban J connectivity index is 2.10. The van der Waals surface area contributed by atoms with Crippen LogP contribution in [0.2, 0.25) is 0 Å². The fourth-order valence-electron chi connectivity index (χ4n) is 2.84. The molecule has 2 rings (SSSR count). The summed E-state index contributed by atoms with van der Waals surface area (Å²) in [5.74, 6) is 4.42. The van der Waals surface area contributed by atoms with Crippen LogP contribution in [0.5, 0.6) is 0 Å². The Morgan fingerprint density at radius 1 is 1.22 bits per heavy atom. The second-order valence-corrected chi connectivity index (χ2v) is 6.74. The standard InChI is InChI=1S/C19H22F2N2O4/c1-19(26,18(20)21)15(17(25)23-27)22-16(24)14-10-8-13(9-11-14)7-6-12-4-2-3-5-12/h8-12,15,18,26-27H,2-5H2,1H3,(H,22,24)(H,23,25)/t15-,19+/m1/s1. The zero-order valence-corrected chi connectivity index (χ0v) is 14.8. The van der Waals surface area contributed by atoms with Gasteiger partial charge < -0.3 is 10.4 Å². The summed E-state index contributed by atoms with van der Waals surface area (Å²) in [6.07, 6.45) is 1.22. The molecule has 0 aromatic heterocycles. The first-order chi connectivity index (χ1) is 12.8. The van der Waals surface area contributed by atoms with Crippen LogP contribution in [-0.2, 0) is 4.79 Å². The largest absolute Gasteiger partial charge is 0.381 e. The first-order valence-electron chi connectivity index (χ1n) is 8.62.